The summed E-state index contributed by atoms with van der Waals surface area (Å²) in [5, 5.41) is 3.65. The molecule has 0 radical (unpaired) electrons. The third kappa shape index (κ3) is 7.70. The molecule has 9 heteroatoms. The molecule has 0 aromatic heterocycles. The van der Waals surface area contributed by atoms with Crippen molar-refractivity contribution >= 4 is 34.8 Å². The third-order valence-electron chi connectivity index (χ3n) is 7.58. The molecule has 1 fully saturated rings. The van der Waals surface area contributed by atoms with E-state index in [0.29, 0.717) is 41.0 Å². The predicted octanol–water partition coefficient (Wildman–Crippen LogP) is 6.15. The maximum Gasteiger partial charge on any atom is 0.251 e. The molecule has 1 saturated heterocycles. The maximum absolute atomic E-state index is 14.3. The van der Waals surface area contributed by atoms with E-state index in [9.17, 15) is 9.59 Å². The first kappa shape index (κ1) is 30.9. The number of nitrogens with one attached hydrogen (secondary N) is 1. The Morgan fingerprint density at radius 3 is 2.20 bits per heavy atom. The highest BCUT2D eigenvalue weighted by Gasteiger charge is 2.32. The molecule has 2 amide bonds. The lowest BCUT2D eigenvalue weighted by Crippen LogP contribution is -2.41. The van der Waals surface area contributed by atoms with E-state index in [-0.39, 0.29) is 24.8 Å². The Morgan fingerprint density at radius 2 is 1.55 bits per heavy atom. The molecule has 0 aliphatic carbocycles. The Balaban J connectivity index is 1.51. The van der Waals surface area contributed by atoms with Crippen molar-refractivity contribution in [3.63, 3.8) is 0 Å². The second kappa shape index (κ2) is 14.8. The zero-order valence-electron chi connectivity index (χ0n) is 24.9. The molecule has 1 heterocycles. The number of ether oxygens (including phenoxy) is 3. The van der Waals surface area contributed by atoms with Crippen LogP contribution >= 0.6 is 11.6 Å². The summed E-state index contributed by atoms with van der Waals surface area (Å²) in [6.45, 7) is 3.19. The summed E-state index contributed by atoms with van der Waals surface area (Å²) >= 11 is 6.16. The molecule has 1 atom stereocenters. The van der Waals surface area contributed by atoms with Gasteiger partial charge in [0.25, 0.3) is 5.91 Å². The van der Waals surface area contributed by atoms with Crippen LogP contribution in [0.4, 0.5) is 11.4 Å². The maximum atomic E-state index is 14.3. The van der Waals surface area contributed by atoms with Crippen LogP contribution in [0.15, 0.2) is 97.1 Å². The molecule has 0 bridgehead atoms. The number of anilines is 2. The van der Waals surface area contributed by atoms with E-state index >= 15 is 0 Å². The number of hydrogen-bond donors (Lipinski definition) is 1. The number of carbonyl (C=O) groups is 2. The molecular formula is C35H36ClN3O5. The fourth-order valence-corrected chi connectivity index (χ4v) is 5.39. The molecule has 228 valence electrons. The summed E-state index contributed by atoms with van der Waals surface area (Å²) in [5.74, 6) is 0.420. The standard InChI is InChI=1S/C35H36ClN3O5/c1-42-31-17-10-27(23-32(31)43-2)34(35(41)37-29-13-15-30(16-14-29)38-18-20-44-21-19-38)39(24-26-8-11-28(36)12-9-26)33(40)22-25-6-4-3-5-7-25/h3-17,23,34H,18-22,24H2,1-2H3,(H,37,41). The molecule has 44 heavy (non-hydrogen) atoms. The topological polar surface area (TPSA) is 80.3 Å². The molecule has 0 spiro atoms. The van der Waals surface area contributed by atoms with Gasteiger partial charge in [0.15, 0.2) is 11.5 Å². The van der Waals surface area contributed by atoms with Gasteiger partial charge in [0.05, 0.1) is 33.9 Å². The van der Waals surface area contributed by atoms with E-state index < -0.39 is 6.04 Å². The van der Waals surface area contributed by atoms with Gasteiger partial charge in [-0.2, -0.15) is 0 Å². The van der Waals surface area contributed by atoms with Crippen molar-refractivity contribution < 1.29 is 23.8 Å². The van der Waals surface area contributed by atoms with Crippen LogP contribution in [0.25, 0.3) is 0 Å². The van der Waals surface area contributed by atoms with Gasteiger partial charge in [-0.15, -0.1) is 0 Å². The van der Waals surface area contributed by atoms with Gasteiger partial charge in [-0.25, -0.2) is 0 Å². The van der Waals surface area contributed by atoms with Gasteiger partial charge >= 0.3 is 0 Å². The number of halogens is 1. The van der Waals surface area contributed by atoms with Crippen LogP contribution in [0.3, 0.4) is 0 Å². The van der Waals surface area contributed by atoms with Gasteiger partial charge < -0.3 is 29.3 Å². The monoisotopic (exact) mass is 613 g/mol. The molecule has 4 aromatic rings. The van der Waals surface area contributed by atoms with Gasteiger partial charge in [0.2, 0.25) is 5.91 Å². The van der Waals surface area contributed by atoms with E-state index in [0.717, 1.165) is 29.9 Å². The van der Waals surface area contributed by atoms with Crippen LogP contribution in [0.2, 0.25) is 5.02 Å². The number of benzene rings is 4. The molecule has 8 nitrogen and oxygen atoms in total. The highest BCUT2D eigenvalue weighted by Crippen LogP contribution is 2.34. The van der Waals surface area contributed by atoms with Crippen LogP contribution < -0.4 is 19.7 Å². The zero-order valence-corrected chi connectivity index (χ0v) is 25.6. The van der Waals surface area contributed by atoms with Gasteiger partial charge in [0, 0.05) is 36.0 Å². The van der Waals surface area contributed by atoms with Crippen LogP contribution in [-0.2, 0) is 27.3 Å². The smallest absolute Gasteiger partial charge is 0.251 e. The Morgan fingerprint density at radius 1 is 0.864 bits per heavy atom. The first-order chi connectivity index (χ1) is 21.4. The number of nitrogens with zero attached hydrogens (tertiary/aromatic N) is 2. The molecule has 1 N–H and O–H groups in total. The Hall–Kier alpha value is -4.53. The number of carbonyl (C=O) groups excluding carboxylic acids is 2. The molecule has 4 aromatic carbocycles. The van der Waals surface area contributed by atoms with Crippen molar-refractivity contribution in [2.45, 2.75) is 19.0 Å². The quantitative estimate of drug-likeness (QED) is 0.219. The minimum absolute atomic E-state index is 0.125. The molecule has 0 saturated carbocycles. The lowest BCUT2D eigenvalue weighted by Gasteiger charge is -2.32. The van der Waals surface area contributed by atoms with Crippen LogP contribution in [-0.4, -0.2) is 57.2 Å². The number of amides is 2. The zero-order chi connectivity index (χ0) is 30.9. The van der Waals surface area contributed by atoms with Crippen molar-refractivity contribution in [1.82, 2.24) is 4.90 Å². The largest absolute Gasteiger partial charge is 0.493 e. The fraction of sp³-hybridized carbons (Fsp3) is 0.257. The minimum atomic E-state index is -0.986. The van der Waals surface area contributed by atoms with Gasteiger partial charge in [-0.1, -0.05) is 60.1 Å². The highest BCUT2D eigenvalue weighted by atomic mass is 35.5. The Kier molecular flexibility index (Phi) is 10.4. The Bertz CT molecular complexity index is 1540. The van der Waals surface area contributed by atoms with Gasteiger partial charge in [-0.05, 0) is 65.2 Å². The number of methoxy groups -OCH3 is 2. The summed E-state index contributed by atoms with van der Waals surface area (Å²) in [4.78, 5) is 32.2. The average molecular weight is 614 g/mol. The third-order valence-corrected chi connectivity index (χ3v) is 7.83. The van der Waals surface area contributed by atoms with E-state index in [4.69, 9.17) is 25.8 Å². The molecular weight excluding hydrogens is 578 g/mol. The van der Waals surface area contributed by atoms with Crippen LogP contribution in [0, 0.1) is 0 Å². The SMILES string of the molecule is COc1ccc(C(C(=O)Nc2ccc(N3CCOCC3)cc2)N(Cc2ccc(Cl)cc2)C(=O)Cc2ccccc2)cc1OC. The first-order valence-electron chi connectivity index (χ1n) is 14.5. The molecule has 1 aliphatic rings. The highest BCUT2D eigenvalue weighted by molar-refractivity contribution is 6.30. The van der Waals surface area contributed by atoms with E-state index in [2.05, 4.69) is 10.2 Å². The lowest BCUT2D eigenvalue weighted by atomic mass is 10.0. The fourth-order valence-electron chi connectivity index (χ4n) is 5.27. The number of rotatable bonds is 11. The van der Waals surface area contributed by atoms with Crippen molar-refractivity contribution in [2.75, 3.05) is 50.7 Å². The first-order valence-corrected chi connectivity index (χ1v) is 14.9. The normalized spacial score (nSPS) is 13.6. The summed E-state index contributed by atoms with van der Waals surface area (Å²) < 4.78 is 16.5. The average Bonchev–Trinajstić information content (AvgIpc) is 3.06. The van der Waals surface area contributed by atoms with Crippen molar-refractivity contribution in [2.24, 2.45) is 0 Å². The summed E-state index contributed by atoms with van der Waals surface area (Å²) in [6, 6.07) is 28.8. The van der Waals surface area contributed by atoms with Crippen LogP contribution in [0.1, 0.15) is 22.7 Å². The van der Waals surface area contributed by atoms with E-state index in [1.165, 1.54) is 0 Å². The number of morpholine rings is 1. The van der Waals surface area contributed by atoms with Crippen molar-refractivity contribution in [3.8, 4) is 11.5 Å². The molecule has 5 rings (SSSR count). The minimum Gasteiger partial charge on any atom is -0.493 e. The van der Waals surface area contributed by atoms with Crippen molar-refractivity contribution in [3.05, 3.63) is 119 Å². The predicted molar refractivity (Wildman–Crippen MR) is 173 cm³/mol. The number of hydrogen-bond acceptors (Lipinski definition) is 6. The van der Waals surface area contributed by atoms with Gasteiger partial charge in [-0.3, -0.25) is 9.59 Å². The summed E-state index contributed by atoms with van der Waals surface area (Å²) in [7, 11) is 3.09. The van der Waals surface area contributed by atoms with E-state index in [1.54, 1.807) is 49.5 Å². The summed E-state index contributed by atoms with van der Waals surface area (Å²) in [6.07, 6.45) is 0.125. The second-order valence-electron chi connectivity index (χ2n) is 10.5. The van der Waals surface area contributed by atoms with Crippen molar-refractivity contribution in [1.29, 1.82) is 0 Å². The summed E-state index contributed by atoms with van der Waals surface area (Å²) in [5.41, 5.74) is 3.96. The van der Waals surface area contributed by atoms with Crippen LogP contribution in [0.5, 0.6) is 11.5 Å². The van der Waals surface area contributed by atoms with Gasteiger partial charge in [0.1, 0.15) is 6.04 Å². The molecule has 1 unspecified atom stereocenters. The van der Waals surface area contributed by atoms with E-state index in [1.807, 2.05) is 66.7 Å². The lowest BCUT2D eigenvalue weighted by molar-refractivity contribution is -0.139. The Labute approximate surface area is 263 Å². The second-order valence-corrected chi connectivity index (χ2v) is 10.9. The molecule has 1 aliphatic heterocycles.